The summed E-state index contributed by atoms with van der Waals surface area (Å²) in [5.41, 5.74) is 1.19. The molecule has 0 spiro atoms. The summed E-state index contributed by atoms with van der Waals surface area (Å²) >= 11 is 0. The van der Waals surface area contributed by atoms with Gasteiger partial charge in [-0.25, -0.2) is 4.39 Å². The van der Waals surface area contributed by atoms with E-state index >= 15 is 0 Å². The maximum atomic E-state index is 13.0. The molecule has 27 heavy (non-hydrogen) atoms. The number of nitrogens with zero attached hydrogens (tertiary/aromatic N) is 1. The van der Waals surface area contributed by atoms with Gasteiger partial charge in [0.2, 0.25) is 5.91 Å². The van der Waals surface area contributed by atoms with Crippen molar-refractivity contribution in [1.82, 2.24) is 10.2 Å². The number of carbonyl (C=O) groups is 1. The maximum Gasteiger partial charge on any atom is 0.234 e. The molecule has 3 rings (SSSR count). The van der Waals surface area contributed by atoms with Crippen molar-refractivity contribution in [3.8, 4) is 5.75 Å². The first-order chi connectivity index (χ1) is 13.2. The van der Waals surface area contributed by atoms with Gasteiger partial charge in [-0.05, 0) is 68.1 Å². The van der Waals surface area contributed by atoms with E-state index in [0.29, 0.717) is 25.6 Å². The molecule has 0 radical (unpaired) electrons. The molecule has 0 aliphatic carbocycles. The molecule has 144 valence electrons. The zero-order valence-corrected chi connectivity index (χ0v) is 15.6. The SMILES string of the molecule is O=C(CN1CCC(Cc2ccc(F)cc2)CC1)NCCOc1ccccc1. The van der Waals surface area contributed by atoms with Crippen LogP contribution in [0.1, 0.15) is 18.4 Å². The van der Waals surface area contributed by atoms with Crippen LogP contribution in [0.3, 0.4) is 0 Å². The van der Waals surface area contributed by atoms with Crippen LogP contribution in [0.25, 0.3) is 0 Å². The van der Waals surface area contributed by atoms with Crippen LogP contribution in [0.15, 0.2) is 54.6 Å². The number of ether oxygens (including phenoxy) is 1. The number of para-hydroxylation sites is 1. The van der Waals surface area contributed by atoms with Crippen LogP contribution in [-0.4, -0.2) is 43.6 Å². The number of nitrogens with one attached hydrogen (secondary N) is 1. The normalized spacial score (nSPS) is 15.4. The number of hydrogen-bond acceptors (Lipinski definition) is 3. The molecule has 1 heterocycles. The number of piperidine rings is 1. The third-order valence-electron chi connectivity index (χ3n) is 4.95. The summed E-state index contributed by atoms with van der Waals surface area (Å²) in [5, 5.41) is 2.92. The molecular formula is C22H27FN2O2. The lowest BCUT2D eigenvalue weighted by Crippen LogP contribution is -2.42. The second-order valence-electron chi connectivity index (χ2n) is 7.06. The average Bonchev–Trinajstić information content (AvgIpc) is 2.69. The van der Waals surface area contributed by atoms with Gasteiger partial charge in [-0.2, -0.15) is 0 Å². The highest BCUT2D eigenvalue weighted by Crippen LogP contribution is 2.21. The Balaban J connectivity index is 1.29. The third kappa shape index (κ3) is 6.68. The molecule has 1 amide bonds. The maximum absolute atomic E-state index is 13.0. The minimum Gasteiger partial charge on any atom is -0.492 e. The lowest BCUT2D eigenvalue weighted by Gasteiger charge is -2.31. The lowest BCUT2D eigenvalue weighted by atomic mass is 9.90. The van der Waals surface area contributed by atoms with Crippen molar-refractivity contribution in [2.45, 2.75) is 19.3 Å². The van der Waals surface area contributed by atoms with Gasteiger partial charge in [0.15, 0.2) is 0 Å². The molecule has 1 saturated heterocycles. The van der Waals surface area contributed by atoms with E-state index in [9.17, 15) is 9.18 Å². The Bertz CT molecular complexity index is 698. The first kappa shape index (κ1) is 19.4. The van der Waals surface area contributed by atoms with Crippen LogP contribution in [-0.2, 0) is 11.2 Å². The average molecular weight is 370 g/mol. The Labute approximate surface area is 160 Å². The van der Waals surface area contributed by atoms with E-state index in [1.54, 1.807) is 0 Å². The molecule has 1 fully saturated rings. The molecule has 1 aliphatic rings. The topological polar surface area (TPSA) is 41.6 Å². The highest BCUT2D eigenvalue weighted by atomic mass is 19.1. The van der Waals surface area contributed by atoms with Gasteiger partial charge in [-0.15, -0.1) is 0 Å². The summed E-state index contributed by atoms with van der Waals surface area (Å²) in [4.78, 5) is 14.3. The van der Waals surface area contributed by atoms with Gasteiger partial charge in [0.1, 0.15) is 18.2 Å². The van der Waals surface area contributed by atoms with Crippen molar-refractivity contribution in [2.24, 2.45) is 5.92 Å². The number of likely N-dealkylation sites (tertiary alicyclic amines) is 1. The summed E-state index contributed by atoms with van der Waals surface area (Å²) in [7, 11) is 0. The van der Waals surface area contributed by atoms with E-state index in [0.717, 1.165) is 38.1 Å². The summed E-state index contributed by atoms with van der Waals surface area (Å²) in [6.45, 7) is 3.28. The number of benzene rings is 2. The van der Waals surface area contributed by atoms with Crippen LogP contribution in [0.4, 0.5) is 4.39 Å². The standard InChI is InChI=1S/C22H27FN2O2/c23-20-8-6-18(7-9-20)16-19-10-13-25(14-11-19)17-22(26)24-12-15-27-21-4-2-1-3-5-21/h1-9,19H,10-17H2,(H,24,26). The van der Waals surface area contributed by atoms with Crippen LogP contribution >= 0.6 is 0 Å². The molecule has 0 aromatic heterocycles. The molecule has 0 bridgehead atoms. The van der Waals surface area contributed by atoms with Crippen LogP contribution in [0.2, 0.25) is 0 Å². The van der Waals surface area contributed by atoms with Gasteiger partial charge in [0.25, 0.3) is 0 Å². The Morgan fingerprint density at radius 3 is 2.48 bits per heavy atom. The first-order valence-electron chi connectivity index (χ1n) is 9.60. The summed E-state index contributed by atoms with van der Waals surface area (Å²) in [5.74, 6) is 1.28. The molecule has 0 atom stereocenters. The van der Waals surface area contributed by atoms with Gasteiger partial charge in [-0.3, -0.25) is 9.69 Å². The van der Waals surface area contributed by atoms with E-state index in [1.165, 1.54) is 17.7 Å². The summed E-state index contributed by atoms with van der Waals surface area (Å²) in [6.07, 6.45) is 3.13. The third-order valence-corrected chi connectivity index (χ3v) is 4.95. The van der Waals surface area contributed by atoms with Gasteiger partial charge >= 0.3 is 0 Å². The van der Waals surface area contributed by atoms with Crippen molar-refractivity contribution in [2.75, 3.05) is 32.8 Å². The molecule has 0 saturated carbocycles. The van der Waals surface area contributed by atoms with Gasteiger partial charge < -0.3 is 10.1 Å². The Hall–Kier alpha value is -2.40. The van der Waals surface area contributed by atoms with Crippen molar-refractivity contribution in [3.63, 3.8) is 0 Å². The van der Waals surface area contributed by atoms with E-state index in [2.05, 4.69) is 10.2 Å². The van der Waals surface area contributed by atoms with E-state index < -0.39 is 0 Å². The number of carbonyl (C=O) groups excluding carboxylic acids is 1. The van der Waals surface area contributed by atoms with Gasteiger partial charge in [0, 0.05) is 0 Å². The van der Waals surface area contributed by atoms with Crippen molar-refractivity contribution < 1.29 is 13.9 Å². The zero-order valence-electron chi connectivity index (χ0n) is 15.6. The van der Waals surface area contributed by atoms with Gasteiger partial charge in [0.05, 0.1) is 13.1 Å². The number of halogens is 1. The fourth-order valence-corrected chi connectivity index (χ4v) is 3.44. The fraction of sp³-hybridized carbons (Fsp3) is 0.409. The Morgan fingerprint density at radius 2 is 1.78 bits per heavy atom. The molecule has 4 nitrogen and oxygen atoms in total. The Morgan fingerprint density at radius 1 is 1.07 bits per heavy atom. The molecule has 2 aromatic carbocycles. The molecule has 1 N–H and O–H groups in total. The summed E-state index contributed by atoms with van der Waals surface area (Å²) < 4.78 is 18.6. The molecule has 1 aliphatic heterocycles. The minimum atomic E-state index is -0.186. The molecule has 5 heteroatoms. The lowest BCUT2D eigenvalue weighted by molar-refractivity contribution is -0.122. The summed E-state index contributed by atoms with van der Waals surface area (Å²) in [6, 6.07) is 16.4. The second-order valence-corrected chi connectivity index (χ2v) is 7.06. The predicted octanol–water partition coefficient (Wildman–Crippen LogP) is 3.28. The van der Waals surface area contributed by atoms with Crippen LogP contribution in [0, 0.1) is 11.7 Å². The second kappa shape index (κ2) is 10.1. The highest BCUT2D eigenvalue weighted by molar-refractivity contribution is 5.78. The fourth-order valence-electron chi connectivity index (χ4n) is 3.44. The van der Waals surface area contributed by atoms with Crippen LogP contribution in [0.5, 0.6) is 5.75 Å². The van der Waals surface area contributed by atoms with Crippen molar-refractivity contribution in [1.29, 1.82) is 0 Å². The van der Waals surface area contributed by atoms with Crippen molar-refractivity contribution in [3.05, 3.63) is 66.0 Å². The Kier molecular flexibility index (Phi) is 7.22. The number of rotatable bonds is 8. The molecule has 2 aromatic rings. The van der Waals surface area contributed by atoms with E-state index in [1.807, 2.05) is 42.5 Å². The van der Waals surface area contributed by atoms with Gasteiger partial charge in [-0.1, -0.05) is 30.3 Å². The zero-order chi connectivity index (χ0) is 18.9. The van der Waals surface area contributed by atoms with Crippen LogP contribution < -0.4 is 10.1 Å². The highest BCUT2D eigenvalue weighted by Gasteiger charge is 2.21. The van der Waals surface area contributed by atoms with Crippen molar-refractivity contribution >= 4 is 5.91 Å². The predicted molar refractivity (Wildman–Crippen MR) is 104 cm³/mol. The van der Waals surface area contributed by atoms with E-state index in [-0.39, 0.29) is 11.7 Å². The molecule has 0 unspecified atom stereocenters. The first-order valence-corrected chi connectivity index (χ1v) is 9.60. The smallest absolute Gasteiger partial charge is 0.234 e. The monoisotopic (exact) mass is 370 g/mol. The molecular weight excluding hydrogens is 343 g/mol. The van der Waals surface area contributed by atoms with E-state index in [4.69, 9.17) is 4.74 Å². The largest absolute Gasteiger partial charge is 0.492 e. The number of amides is 1. The minimum absolute atomic E-state index is 0.0450. The quantitative estimate of drug-likeness (QED) is 0.725. The number of hydrogen-bond donors (Lipinski definition) is 1.